The van der Waals surface area contributed by atoms with Gasteiger partial charge in [0.25, 0.3) is 0 Å². The van der Waals surface area contributed by atoms with E-state index in [2.05, 4.69) is 29.5 Å². The maximum atomic E-state index is 2.63. The second-order valence-corrected chi connectivity index (χ2v) is 7.86. The molecule has 0 amide bonds. The van der Waals surface area contributed by atoms with Crippen LogP contribution in [-0.4, -0.2) is 4.43 Å². The Kier molecular flexibility index (Phi) is 3.05. The molecule has 0 aromatic heterocycles. The third kappa shape index (κ3) is 1.85. The average Bonchev–Trinajstić information content (AvgIpc) is 2.30. The molecular formula is C15H25I. The fraction of sp³-hybridized carbons (Fsp3) is 1.00. The van der Waals surface area contributed by atoms with Crippen LogP contribution in [0.25, 0.3) is 0 Å². The zero-order valence-electron chi connectivity index (χ0n) is 10.6. The molecule has 0 unspecified atom stereocenters. The van der Waals surface area contributed by atoms with E-state index in [0.29, 0.717) is 0 Å². The molecule has 16 heavy (non-hydrogen) atoms. The average molecular weight is 332 g/mol. The van der Waals surface area contributed by atoms with Crippen molar-refractivity contribution in [1.29, 1.82) is 0 Å². The molecule has 0 nitrogen and oxygen atoms in total. The SMILES string of the molecule is CCC1(CI)CCC2(CC1)CC1CC(C1)C2. The van der Waals surface area contributed by atoms with Crippen LogP contribution in [-0.2, 0) is 0 Å². The van der Waals surface area contributed by atoms with E-state index in [9.17, 15) is 0 Å². The van der Waals surface area contributed by atoms with Gasteiger partial charge in [0.2, 0.25) is 0 Å². The highest BCUT2D eigenvalue weighted by Crippen LogP contribution is 2.61. The third-order valence-electron chi connectivity index (χ3n) is 6.18. The van der Waals surface area contributed by atoms with Gasteiger partial charge in [-0.1, -0.05) is 29.5 Å². The highest BCUT2D eigenvalue weighted by molar-refractivity contribution is 14.1. The van der Waals surface area contributed by atoms with Crippen molar-refractivity contribution in [3.63, 3.8) is 0 Å². The minimum atomic E-state index is 0.730. The molecule has 4 rings (SSSR count). The van der Waals surface area contributed by atoms with E-state index < -0.39 is 0 Å². The summed E-state index contributed by atoms with van der Waals surface area (Å²) in [5.41, 5.74) is 1.56. The fourth-order valence-corrected chi connectivity index (χ4v) is 6.12. The van der Waals surface area contributed by atoms with Crippen molar-refractivity contribution in [3.8, 4) is 0 Å². The summed E-state index contributed by atoms with van der Waals surface area (Å²) in [6, 6.07) is 0. The molecule has 4 aliphatic carbocycles. The molecule has 0 atom stereocenters. The van der Waals surface area contributed by atoms with Crippen LogP contribution in [0.1, 0.15) is 64.7 Å². The Hall–Kier alpha value is 0.730. The van der Waals surface area contributed by atoms with Crippen LogP contribution in [0.15, 0.2) is 0 Å². The molecule has 0 N–H and O–H groups in total. The van der Waals surface area contributed by atoms with Gasteiger partial charge in [-0.15, -0.1) is 0 Å². The van der Waals surface area contributed by atoms with Gasteiger partial charge in [0, 0.05) is 4.43 Å². The van der Waals surface area contributed by atoms with Gasteiger partial charge in [-0.2, -0.15) is 0 Å². The summed E-state index contributed by atoms with van der Waals surface area (Å²) < 4.78 is 1.39. The van der Waals surface area contributed by atoms with Crippen molar-refractivity contribution < 1.29 is 0 Å². The normalized spacial score (nSPS) is 51.4. The van der Waals surface area contributed by atoms with E-state index in [-0.39, 0.29) is 0 Å². The van der Waals surface area contributed by atoms with Gasteiger partial charge < -0.3 is 0 Å². The summed E-state index contributed by atoms with van der Waals surface area (Å²) in [5, 5.41) is 0. The monoisotopic (exact) mass is 332 g/mol. The molecule has 92 valence electrons. The lowest BCUT2D eigenvalue weighted by Crippen LogP contribution is -2.45. The predicted molar refractivity (Wildman–Crippen MR) is 78.0 cm³/mol. The number of rotatable bonds is 2. The van der Waals surface area contributed by atoms with Crippen molar-refractivity contribution in [1.82, 2.24) is 0 Å². The topological polar surface area (TPSA) is 0 Å². The van der Waals surface area contributed by atoms with Crippen molar-refractivity contribution in [3.05, 3.63) is 0 Å². The molecule has 0 radical (unpaired) electrons. The maximum Gasteiger partial charge on any atom is 0.00519 e. The molecule has 0 saturated heterocycles. The number of hydrogen-bond acceptors (Lipinski definition) is 0. The van der Waals surface area contributed by atoms with Gasteiger partial charge in [0.15, 0.2) is 0 Å². The Labute approximate surface area is 114 Å². The minimum absolute atomic E-state index is 0.730. The fourth-order valence-electron chi connectivity index (χ4n) is 4.82. The summed E-state index contributed by atoms with van der Waals surface area (Å²) in [7, 11) is 0. The summed E-state index contributed by atoms with van der Waals surface area (Å²) in [6.07, 6.45) is 14.0. The second kappa shape index (κ2) is 4.13. The lowest BCUT2D eigenvalue weighted by Gasteiger charge is -2.56. The minimum Gasteiger partial charge on any atom is -0.0858 e. The van der Waals surface area contributed by atoms with Crippen LogP contribution in [0.3, 0.4) is 0 Å². The van der Waals surface area contributed by atoms with Crippen LogP contribution in [0.4, 0.5) is 0 Å². The molecule has 4 saturated carbocycles. The van der Waals surface area contributed by atoms with Gasteiger partial charge in [0.05, 0.1) is 0 Å². The Morgan fingerprint density at radius 1 is 1.00 bits per heavy atom. The molecule has 4 aliphatic rings. The highest BCUT2D eigenvalue weighted by Gasteiger charge is 2.49. The van der Waals surface area contributed by atoms with E-state index in [4.69, 9.17) is 0 Å². The van der Waals surface area contributed by atoms with E-state index in [1.807, 2.05) is 0 Å². The Morgan fingerprint density at radius 3 is 2.00 bits per heavy atom. The summed E-state index contributed by atoms with van der Waals surface area (Å²) >= 11 is 2.63. The molecule has 1 heteroatoms. The molecule has 0 aromatic rings. The molecule has 2 bridgehead atoms. The van der Waals surface area contributed by atoms with Gasteiger partial charge in [-0.05, 0) is 80.5 Å². The molecular weight excluding hydrogens is 307 g/mol. The van der Waals surface area contributed by atoms with E-state index in [0.717, 1.165) is 22.7 Å². The second-order valence-electron chi connectivity index (χ2n) is 7.10. The van der Waals surface area contributed by atoms with Gasteiger partial charge >= 0.3 is 0 Å². The summed E-state index contributed by atoms with van der Waals surface area (Å²) in [5.74, 6) is 2.29. The number of alkyl halides is 1. The first-order valence-electron chi connectivity index (χ1n) is 7.25. The zero-order chi connectivity index (χ0) is 11.2. The third-order valence-corrected chi connectivity index (χ3v) is 7.80. The number of halogens is 1. The molecule has 0 aromatic carbocycles. The van der Waals surface area contributed by atoms with Crippen LogP contribution >= 0.6 is 22.6 Å². The van der Waals surface area contributed by atoms with Crippen molar-refractivity contribution in [2.75, 3.05) is 4.43 Å². The quantitative estimate of drug-likeness (QED) is 0.482. The summed E-state index contributed by atoms with van der Waals surface area (Å²) in [4.78, 5) is 0. The van der Waals surface area contributed by atoms with Crippen LogP contribution < -0.4 is 0 Å². The largest absolute Gasteiger partial charge is 0.0858 e. The summed E-state index contributed by atoms with van der Waals surface area (Å²) in [6.45, 7) is 2.41. The maximum absolute atomic E-state index is 2.63. The standard InChI is InChI=1S/C15H25I/c1-2-14(11-16)3-5-15(6-4-14)9-12-7-13(8-12)10-15/h12-13H,2-11H2,1H3. The van der Waals surface area contributed by atoms with E-state index in [1.165, 1.54) is 23.7 Å². The van der Waals surface area contributed by atoms with Crippen LogP contribution in [0.2, 0.25) is 0 Å². The Morgan fingerprint density at radius 2 is 1.56 bits per heavy atom. The molecule has 0 heterocycles. The first-order valence-corrected chi connectivity index (χ1v) is 8.78. The Balaban J connectivity index is 1.65. The Bertz CT molecular complexity index is 239. The van der Waals surface area contributed by atoms with Crippen LogP contribution in [0, 0.1) is 22.7 Å². The molecule has 0 aliphatic heterocycles. The van der Waals surface area contributed by atoms with Gasteiger partial charge in [-0.3, -0.25) is 0 Å². The molecule has 4 fully saturated rings. The lowest BCUT2D eigenvalue weighted by molar-refractivity contribution is -0.0466. The highest BCUT2D eigenvalue weighted by atomic mass is 127. The predicted octanol–water partition coefficient (Wildman–Crippen LogP) is 5.20. The first kappa shape index (κ1) is 11.8. The lowest BCUT2D eigenvalue weighted by atomic mass is 9.49. The smallest absolute Gasteiger partial charge is 0.00519 e. The number of hydrogen-bond donors (Lipinski definition) is 0. The van der Waals surface area contributed by atoms with Gasteiger partial charge in [0.1, 0.15) is 0 Å². The van der Waals surface area contributed by atoms with Crippen molar-refractivity contribution >= 4 is 22.6 Å². The first-order chi connectivity index (χ1) is 7.69. The molecule has 1 spiro atoms. The van der Waals surface area contributed by atoms with Crippen LogP contribution in [0.5, 0.6) is 0 Å². The van der Waals surface area contributed by atoms with Crippen molar-refractivity contribution in [2.45, 2.75) is 64.7 Å². The van der Waals surface area contributed by atoms with Crippen molar-refractivity contribution in [2.24, 2.45) is 22.7 Å². The van der Waals surface area contributed by atoms with E-state index >= 15 is 0 Å². The van der Waals surface area contributed by atoms with E-state index in [1.54, 1.807) is 38.5 Å². The zero-order valence-corrected chi connectivity index (χ0v) is 12.8. The van der Waals surface area contributed by atoms with Gasteiger partial charge in [-0.25, -0.2) is 0 Å².